The molecule has 0 saturated heterocycles. The Balaban J connectivity index is 1.91. The third kappa shape index (κ3) is 2.72. The number of benzene rings is 2. The number of para-hydroxylation sites is 1. The van der Waals surface area contributed by atoms with Crippen molar-refractivity contribution in [3.63, 3.8) is 0 Å². The van der Waals surface area contributed by atoms with Gasteiger partial charge in [-0.15, -0.1) is 0 Å². The number of nitrogens with one attached hydrogen (secondary N) is 1. The Kier molecular flexibility index (Phi) is 3.31. The van der Waals surface area contributed by atoms with E-state index >= 15 is 0 Å². The number of rotatable bonds is 4. The average Bonchev–Trinajstić information content (AvgIpc) is 2.88. The highest BCUT2D eigenvalue weighted by Gasteiger charge is 2.15. The lowest BCUT2D eigenvalue weighted by atomic mass is 10.0. The van der Waals surface area contributed by atoms with Crippen LogP contribution in [0.2, 0.25) is 0 Å². The average molecular weight is 282 g/mol. The number of oxazole rings is 1. The molecule has 106 valence electrons. The highest BCUT2D eigenvalue weighted by Crippen LogP contribution is 2.25. The molecule has 0 radical (unpaired) electrons. The van der Waals surface area contributed by atoms with Crippen LogP contribution in [0.15, 0.2) is 52.9 Å². The van der Waals surface area contributed by atoms with Crippen molar-refractivity contribution < 1.29 is 14.3 Å². The molecule has 5 nitrogen and oxygen atoms in total. The van der Waals surface area contributed by atoms with Crippen molar-refractivity contribution >= 4 is 28.8 Å². The van der Waals surface area contributed by atoms with Gasteiger partial charge in [-0.05, 0) is 36.8 Å². The van der Waals surface area contributed by atoms with E-state index in [9.17, 15) is 4.79 Å². The molecule has 0 fully saturated rings. The first-order valence-corrected chi connectivity index (χ1v) is 6.59. The summed E-state index contributed by atoms with van der Waals surface area (Å²) in [6, 6.07) is 15.2. The number of aliphatic carboxylic acids is 1. The van der Waals surface area contributed by atoms with Gasteiger partial charge in [0.25, 0.3) is 6.01 Å². The number of fused-ring (bicyclic) bond motifs is 1. The van der Waals surface area contributed by atoms with Crippen LogP contribution >= 0.6 is 0 Å². The minimum atomic E-state index is -0.861. The number of anilines is 2. The van der Waals surface area contributed by atoms with Crippen LogP contribution in [0.4, 0.5) is 11.7 Å². The van der Waals surface area contributed by atoms with Crippen LogP contribution in [0.1, 0.15) is 18.4 Å². The molecule has 1 unspecified atom stereocenters. The third-order valence-electron chi connectivity index (χ3n) is 3.31. The Labute approximate surface area is 121 Å². The molecule has 0 amide bonds. The topological polar surface area (TPSA) is 75.4 Å². The Morgan fingerprint density at radius 2 is 2.00 bits per heavy atom. The Morgan fingerprint density at radius 3 is 2.71 bits per heavy atom. The Bertz CT molecular complexity index is 781. The third-order valence-corrected chi connectivity index (χ3v) is 3.31. The highest BCUT2D eigenvalue weighted by molar-refractivity contribution is 5.80. The van der Waals surface area contributed by atoms with Crippen molar-refractivity contribution in [2.24, 2.45) is 0 Å². The smallest absolute Gasteiger partial charge is 0.310 e. The van der Waals surface area contributed by atoms with E-state index in [4.69, 9.17) is 9.52 Å². The second-order valence-corrected chi connectivity index (χ2v) is 4.80. The first-order chi connectivity index (χ1) is 10.1. The van der Waals surface area contributed by atoms with E-state index in [0.717, 1.165) is 5.69 Å². The monoisotopic (exact) mass is 282 g/mol. The van der Waals surface area contributed by atoms with Crippen LogP contribution in [0.3, 0.4) is 0 Å². The minimum Gasteiger partial charge on any atom is -0.481 e. The molecule has 3 rings (SSSR count). The molecule has 21 heavy (non-hydrogen) atoms. The van der Waals surface area contributed by atoms with E-state index in [1.165, 1.54) is 0 Å². The number of carboxylic acids is 1. The van der Waals surface area contributed by atoms with Crippen molar-refractivity contribution in [1.29, 1.82) is 0 Å². The maximum atomic E-state index is 11.0. The van der Waals surface area contributed by atoms with Gasteiger partial charge in [0.15, 0.2) is 5.58 Å². The molecule has 0 aliphatic carbocycles. The second-order valence-electron chi connectivity index (χ2n) is 4.80. The van der Waals surface area contributed by atoms with Crippen LogP contribution in [-0.4, -0.2) is 16.1 Å². The number of hydrogen-bond donors (Lipinski definition) is 2. The predicted octanol–water partition coefficient (Wildman–Crippen LogP) is 3.76. The van der Waals surface area contributed by atoms with Gasteiger partial charge in [0.1, 0.15) is 5.52 Å². The fourth-order valence-electron chi connectivity index (χ4n) is 2.05. The lowest BCUT2D eigenvalue weighted by molar-refractivity contribution is -0.138. The molecule has 0 spiro atoms. The summed E-state index contributed by atoms with van der Waals surface area (Å²) < 4.78 is 5.60. The van der Waals surface area contributed by atoms with Crippen LogP contribution in [-0.2, 0) is 4.79 Å². The van der Waals surface area contributed by atoms with Crippen molar-refractivity contribution in [3.05, 3.63) is 54.1 Å². The molecule has 1 heterocycles. The Morgan fingerprint density at radius 1 is 1.24 bits per heavy atom. The van der Waals surface area contributed by atoms with Gasteiger partial charge in [-0.2, -0.15) is 4.98 Å². The summed E-state index contributed by atoms with van der Waals surface area (Å²) in [5, 5.41) is 12.1. The summed E-state index contributed by atoms with van der Waals surface area (Å²) in [7, 11) is 0. The zero-order valence-electron chi connectivity index (χ0n) is 11.4. The molecule has 3 aromatic rings. The van der Waals surface area contributed by atoms with E-state index in [0.29, 0.717) is 22.7 Å². The molecule has 0 aliphatic rings. The van der Waals surface area contributed by atoms with Gasteiger partial charge in [-0.3, -0.25) is 4.79 Å². The van der Waals surface area contributed by atoms with Gasteiger partial charge in [-0.25, -0.2) is 0 Å². The van der Waals surface area contributed by atoms with E-state index in [2.05, 4.69) is 10.3 Å². The first kappa shape index (κ1) is 13.2. The fourth-order valence-corrected chi connectivity index (χ4v) is 2.05. The summed E-state index contributed by atoms with van der Waals surface area (Å²) in [6.45, 7) is 1.65. The molecule has 2 aromatic carbocycles. The Hall–Kier alpha value is -2.82. The first-order valence-electron chi connectivity index (χ1n) is 6.59. The standard InChI is InChI=1S/C16H14N2O3/c1-10(15(19)20)11-7-8-14-13(9-11)18-16(21-14)17-12-5-3-2-4-6-12/h2-10H,1H3,(H,17,18)(H,19,20). The molecular formula is C16H14N2O3. The number of aromatic nitrogens is 1. The summed E-state index contributed by atoms with van der Waals surface area (Å²) in [5.74, 6) is -1.43. The lowest BCUT2D eigenvalue weighted by Crippen LogP contribution is -2.06. The maximum Gasteiger partial charge on any atom is 0.310 e. The van der Waals surface area contributed by atoms with Crippen LogP contribution in [0, 0.1) is 0 Å². The van der Waals surface area contributed by atoms with E-state index in [1.54, 1.807) is 25.1 Å². The molecule has 2 N–H and O–H groups in total. The van der Waals surface area contributed by atoms with Crippen LogP contribution in [0.5, 0.6) is 0 Å². The summed E-state index contributed by atoms with van der Waals surface area (Å²) in [4.78, 5) is 15.4. The molecule has 5 heteroatoms. The van der Waals surface area contributed by atoms with Crippen molar-refractivity contribution in [3.8, 4) is 0 Å². The summed E-state index contributed by atoms with van der Waals surface area (Å²) in [6.07, 6.45) is 0. The van der Waals surface area contributed by atoms with Gasteiger partial charge in [-0.1, -0.05) is 24.3 Å². The van der Waals surface area contributed by atoms with Gasteiger partial charge in [0, 0.05) is 5.69 Å². The predicted molar refractivity (Wildman–Crippen MR) is 79.8 cm³/mol. The van der Waals surface area contributed by atoms with Crippen molar-refractivity contribution in [2.45, 2.75) is 12.8 Å². The lowest BCUT2D eigenvalue weighted by Gasteiger charge is -2.04. The minimum absolute atomic E-state index is 0.385. The maximum absolute atomic E-state index is 11.0. The van der Waals surface area contributed by atoms with Crippen molar-refractivity contribution in [2.75, 3.05) is 5.32 Å². The van der Waals surface area contributed by atoms with Gasteiger partial charge < -0.3 is 14.8 Å². The van der Waals surface area contributed by atoms with Gasteiger partial charge in [0.05, 0.1) is 5.92 Å². The molecule has 1 aromatic heterocycles. The molecule has 0 saturated carbocycles. The SMILES string of the molecule is CC(C(=O)O)c1ccc2oc(Nc3ccccc3)nc2c1. The fraction of sp³-hybridized carbons (Fsp3) is 0.125. The van der Waals surface area contributed by atoms with Gasteiger partial charge >= 0.3 is 5.97 Å². The highest BCUT2D eigenvalue weighted by atomic mass is 16.4. The van der Waals surface area contributed by atoms with E-state index < -0.39 is 11.9 Å². The molecule has 0 bridgehead atoms. The van der Waals surface area contributed by atoms with Crippen molar-refractivity contribution in [1.82, 2.24) is 4.98 Å². The largest absolute Gasteiger partial charge is 0.481 e. The number of carboxylic acid groups (broad SMARTS) is 1. The van der Waals surface area contributed by atoms with Gasteiger partial charge in [0.2, 0.25) is 0 Å². The zero-order valence-corrected chi connectivity index (χ0v) is 11.4. The van der Waals surface area contributed by atoms with E-state index in [-0.39, 0.29) is 0 Å². The number of hydrogen-bond acceptors (Lipinski definition) is 4. The molecular weight excluding hydrogens is 268 g/mol. The quantitative estimate of drug-likeness (QED) is 0.762. The number of carbonyl (C=O) groups is 1. The van der Waals surface area contributed by atoms with E-state index in [1.807, 2.05) is 30.3 Å². The molecule has 1 atom stereocenters. The second kappa shape index (κ2) is 5.28. The normalized spacial score (nSPS) is 12.2. The summed E-state index contributed by atoms with van der Waals surface area (Å²) in [5.41, 5.74) is 2.84. The van der Waals surface area contributed by atoms with Crippen LogP contribution < -0.4 is 5.32 Å². The van der Waals surface area contributed by atoms with Crippen LogP contribution in [0.25, 0.3) is 11.1 Å². The summed E-state index contributed by atoms with van der Waals surface area (Å²) >= 11 is 0. The number of nitrogens with zero attached hydrogens (tertiary/aromatic N) is 1. The molecule has 0 aliphatic heterocycles. The zero-order chi connectivity index (χ0) is 14.8.